The molecule has 3 aromatic rings. The fraction of sp³-hybridized carbons (Fsp3) is 0.318. The number of halogens is 1. The highest BCUT2D eigenvalue weighted by Gasteiger charge is 2.35. The summed E-state index contributed by atoms with van der Waals surface area (Å²) in [6, 6.07) is 13.1. The molecule has 1 aliphatic heterocycles. The van der Waals surface area contributed by atoms with E-state index in [4.69, 9.17) is 20.9 Å². The van der Waals surface area contributed by atoms with Crippen molar-refractivity contribution in [2.45, 2.75) is 32.6 Å². The van der Waals surface area contributed by atoms with Crippen LogP contribution in [0.1, 0.15) is 37.1 Å². The molecule has 2 heterocycles. The van der Waals surface area contributed by atoms with E-state index in [1.54, 1.807) is 11.0 Å². The van der Waals surface area contributed by atoms with Crippen molar-refractivity contribution in [2.24, 2.45) is 0 Å². The molecule has 1 unspecified atom stereocenters. The number of carbonyl (C=O) groups excluding carboxylic acids is 1. The summed E-state index contributed by atoms with van der Waals surface area (Å²) in [6.07, 6.45) is 1.30. The topological polar surface area (TPSA) is 68.5 Å². The molecule has 2 aromatic carbocycles. The average molecular weight is 412 g/mol. The number of nitrogens with zero attached hydrogens (tertiary/aromatic N) is 3. The van der Waals surface area contributed by atoms with E-state index in [1.807, 2.05) is 43.3 Å². The molecule has 0 aliphatic carbocycles. The van der Waals surface area contributed by atoms with Crippen molar-refractivity contribution >= 4 is 23.2 Å². The smallest absolute Gasteiger partial charge is 0.232 e. The van der Waals surface area contributed by atoms with Crippen molar-refractivity contribution in [1.29, 1.82) is 0 Å². The predicted octanol–water partition coefficient (Wildman–Crippen LogP) is 5.01. The normalized spacial score (nSPS) is 16.4. The van der Waals surface area contributed by atoms with Gasteiger partial charge < -0.3 is 14.2 Å². The van der Waals surface area contributed by atoms with Gasteiger partial charge in [0.2, 0.25) is 17.6 Å². The molecule has 0 radical (unpaired) electrons. The summed E-state index contributed by atoms with van der Waals surface area (Å²) in [4.78, 5) is 18.9. The Hall–Kier alpha value is -2.86. The molecule has 6 nitrogen and oxygen atoms in total. The van der Waals surface area contributed by atoms with Crippen LogP contribution in [0, 0.1) is 6.92 Å². The second kappa shape index (κ2) is 8.25. The first kappa shape index (κ1) is 19.5. The van der Waals surface area contributed by atoms with Crippen LogP contribution in [-0.4, -0.2) is 29.2 Å². The van der Waals surface area contributed by atoms with E-state index in [1.165, 1.54) is 0 Å². The molecular formula is C22H22ClN3O3. The highest BCUT2D eigenvalue weighted by molar-refractivity contribution is 6.30. The van der Waals surface area contributed by atoms with Gasteiger partial charge in [-0.25, -0.2) is 0 Å². The Morgan fingerprint density at radius 3 is 2.76 bits per heavy atom. The minimum atomic E-state index is -0.133. The van der Waals surface area contributed by atoms with Crippen LogP contribution in [0.5, 0.6) is 5.75 Å². The van der Waals surface area contributed by atoms with Gasteiger partial charge >= 0.3 is 0 Å². The summed E-state index contributed by atoms with van der Waals surface area (Å²) in [7, 11) is 0. The largest absolute Gasteiger partial charge is 0.494 e. The molecule has 1 aliphatic rings. The van der Waals surface area contributed by atoms with Crippen molar-refractivity contribution in [2.75, 3.05) is 18.1 Å². The lowest BCUT2D eigenvalue weighted by atomic mass is 10.1. The zero-order valence-corrected chi connectivity index (χ0v) is 17.1. The molecule has 4 rings (SSSR count). The molecule has 0 spiro atoms. The standard InChI is InChI=1S/C22H22ClN3O3/c1-3-10-28-18-7-4-15(5-8-18)21-24-22(29-25-21)16-12-20(27)26(13-16)19-9-6-17(23)11-14(19)2/h4-9,11,16H,3,10,12-13H2,1-2H3. The Labute approximate surface area is 174 Å². The van der Waals surface area contributed by atoms with Crippen LogP contribution < -0.4 is 9.64 Å². The molecule has 0 bridgehead atoms. The number of rotatable bonds is 6. The van der Waals surface area contributed by atoms with Gasteiger partial charge in [-0.3, -0.25) is 4.79 Å². The van der Waals surface area contributed by atoms with Crippen LogP contribution in [0.2, 0.25) is 5.02 Å². The van der Waals surface area contributed by atoms with E-state index in [-0.39, 0.29) is 11.8 Å². The first-order chi connectivity index (χ1) is 14.0. The molecule has 1 aromatic heterocycles. The lowest BCUT2D eigenvalue weighted by molar-refractivity contribution is -0.117. The summed E-state index contributed by atoms with van der Waals surface area (Å²) in [5.74, 6) is 1.71. The molecule has 1 saturated heterocycles. The van der Waals surface area contributed by atoms with Gasteiger partial charge in [0.1, 0.15) is 5.75 Å². The maximum absolute atomic E-state index is 12.6. The fourth-order valence-corrected chi connectivity index (χ4v) is 3.69. The van der Waals surface area contributed by atoms with Crippen LogP contribution in [0.4, 0.5) is 5.69 Å². The van der Waals surface area contributed by atoms with Crippen LogP contribution in [0.3, 0.4) is 0 Å². The number of anilines is 1. The van der Waals surface area contributed by atoms with E-state index in [2.05, 4.69) is 17.1 Å². The maximum Gasteiger partial charge on any atom is 0.232 e. The molecule has 150 valence electrons. The number of benzene rings is 2. The lowest BCUT2D eigenvalue weighted by Crippen LogP contribution is -2.25. The van der Waals surface area contributed by atoms with Crippen molar-refractivity contribution in [3.63, 3.8) is 0 Å². The van der Waals surface area contributed by atoms with E-state index in [0.29, 0.717) is 36.3 Å². The molecule has 1 atom stereocenters. The second-order valence-corrected chi connectivity index (χ2v) is 7.60. The van der Waals surface area contributed by atoms with Gasteiger partial charge in [-0.2, -0.15) is 4.98 Å². The summed E-state index contributed by atoms with van der Waals surface area (Å²) in [5.41, 5.74) is 2.67. The van der Waals surface area contributed by atoms with E-state index >= 15 is 0 Å². The monoisotopic (exact) mass is 411 g/mol. The van der Waals surface area contributed by atoms with E-state index < -0.39 is 0 Å². The molecule has 0 saturated carbocycles. The number of aryl methyl sites for hydroxylation is 1. The van der Waals surface area contributed by atoms with Crippen molar-refractivity contribution in [1.82, 2.24) is 10.1 Å². The van der Waals surface area contributed by atoms with Gasteiger partial charge in [0.05, 0.1) is 12.5 Å². The Kier molecular flexibility index (Phi) is 5.53. The highest BCUT2D eigenvalue weighted by Crippen LogP contribution is 2.34. The van der Waals surface area contributed by atoms with Gasteiger partial charge in [0.25, 0.3) is 0 Å². The highest BCUT2D eigenvalue weighted by atomic mass is 35.5. The molecule has 1 amide bonds. The third kappa shape index (κ3) is 4.12. The van der Waals surface area contributed by atoms with Crippen LogP contribution in [0.25, 0.3) is 11.4 Å². The number of hydrogen-bond acceptors (Lipinski definition) is 5. The quantitative estimate of drug-likeness (QED) is 0.570. The SMILES string of the molecule is CCCOc1ccc(-c2noc(C3CC(=O)N(c4ccc(Cl)cc4C)C3)n2)cc1. The van der Waals surface area contributed by atoms with Gasteiger partial charge in [-0.1, -0.05) is 23.7 Å². The summed E-state index contributed by atoms with van der Waals surface area (Å²) < 4.78 is 11.1. The van der Waals surface area contributed by atoms with Gasteiger partial charge in [-0.15, -0.1) is 0 Å². The Morgan fingerprint density at radius 2 is 2.03 bits per heavy atom. The Morgan fingerprint density at radius 1 is 1.24 bits per heavy atom. The van der Waals surface area contributed by atoms with Crippen molar-refractivity contribution in [3.05, 3.63) is 58.9 Å². The van der Waals surface area contributed by atoms with Crippen LogP contribution >= 0.6 is 11.6 Å². The first-order valence-electron chi connectivity index (χ1n) is 9.68. The predicted molar refractivity (Wildman–Crippen MR) is 111 cm³/mol. The van der Waals surface area contributed by atoms with Gasteiger partial charge in [0, 0.05) is 29.2 Å². The number of hydrogen-bond donors (Lipinski definition) is 0. The molecule has 29 heavy (non-hydrogen) atoms. The van der Waals surface area contributed by atoms with Gasteiger partial charge in [0.15, 0.2) is 0 Å². The molecular weight excluding hydrogens is 390 g/mol. The number of ether oxygens (including phenoxy) is 1. The molecule has 1 fully saturated rings. The number of amides is 1. The summed E-state index contributed by atoms with van der Waals surface area (Å²) in [5, 5.41) is 4.76. The molecule has 7 heteroatoms. The lowest BCUT2D eigenvalue weighted by Gasteiger charge is -2.18. The van der Waals surface area contributed by atoms with Gasteiger partial charge in [-0.05, 0) is 61.4 Å². The number of carbonyl (C=O) groups is 1. The van der Waals surface area contributed by atoms with Crippen LogP contribution in [0.15, 0.2) is 47.0 Å². The van der Waals surface area contributed by atoms with E-state index in [9.17, 15) is 4.79 Å². The number of aromatic nitrogens is 2. The third-order valence-electron chi connectivity index (χ3n) is 4.95. The zero-order chi connectivity index (χ0) is 20.4. The fourth-order valence-electron chi connectivity index (χ4n) is 3.47. The van der Waals surface area contributed by atoms with Crippen molar-refractivity contribution < 1.29 is 14.1 Å². The zero-order valence-electron chi connectivity index (χ0n) is 16.4. The average Bonchev–Trinajstić information content (AvgIpc) is 3.34. The Bertz CT molecular complexity index is 1020. The van der Waals surface area contributed by atoms with Crippen LogP contribution in [-0.2, 0) is 4.79 Å². The molecule has 0 N–H and O–H groups in total. The minimum absolute atomic E-state index is 0.0394. The second-order valence-electron chi connectivity index (χ2n) is 7.17. The third-order valence-corrected chi connectivity index (χ3v) is 5.19. The van der Waals surface area contributed by atoms with Crippen molar-refractivity contribution in [3.8, 4) is 17.1 Å². The Balaban J connectivity index is 1.49. The maximum atomic E-state index is 12.6. The summed E-state index contributed by atoms with van der Waals surface area (Å²) in [6.45, 7) is 5.20. The summed E-state index contributed by atoms with van der Waals surface area (Å²) >= 11 is 6.04. The van der Waals surface area contributed by atoms with E-state index in [0.717, 1.165) is 29.0 Å². The first-order valence-corrected chi connectivity index (χ1v) is 10.1. The minimum Gasteiger partial charge on any atom is -0.494 e.